The normalized spacial score (nSPS) is 16.0. The lowest BCUT2D eigenvalue weighted by atomic mass is 10.0. The number of carbonyl (C=O) groups excluding carboxylic acids is 1. The van der Waals surface area contributed by atoms with Crippen molar-refractivity contribution in [3.63, 3.8) is 0 Å². The molecular formula is C27H38N2O2. The third kappa shape index (κ3) is 7.39. The molecule has 1 amide bonds. The number of hydrogen-bond acceptors (Lipinski definition) is 3. The highest BCUT2D eigenvalue weighted by Gasteiger charge is 2.17. The van der Waals surface area contributed by atoms with Crippen LogP contribution < -0.4 is 10.1 Å². The Hall–Kier alpha value is -2.33. The molecule has 2 aromatic rings. The topological polar surface area (TPSA) is 41.6 Å². The Labute approximate surface area is 188 Å². The maximum absolute atomic E-state index is 12.4. The number of ether oxygens (including phenoxy) is 1. The predicted molar refractivity (Wildman–Crippen MR) is 128 cm³/mol. The molecule has 0 bridgehead atoms. The molecule has 168 valence electrons. The summed E-state index contributed by atoms with van der Waals surface area (Å²) in [5, 5.41) is 3.03. The summed E-state index contributed by atoms with van der Waals surface area (Å²) in [6.07, 6.45) is 6.19. The van der Waals surface area contributed by atoms with Crippen molar-refractivity contribution in [1.29, 1.82) is 0 Å². The lowest BCUT2D eigenvalue weighted by Crippen LogP contribution is -2.28. The Morgan fingerprint density at radius 3 is 2.19 bits per heavy atom. The molecule has 0 radical (unpaired) electrons. The van der Waals surface area contributed by atoms with Crippen LogP contribution in [0.15, 0.2) is 48.5 Å². The van der Waals surface area contributed by atoms with Gasteiger partial charge in [0.2, 0.25) is 0 Å². The number of benzene rings is 2. The molecule has 4 nitrogen and oxygen atoms in total. The molecule has 0 spiro atoms. The third-order valence-corrected chi connectivity index (χ3v) is 6.05. The number of carbonyl (C=O) groups is 1. The van der Waals surface area contributed by atoms with Gasteiger partial charge in [-0.2, -0.15) is 0 Å². The molecule has 1 aliphatic heterocycles. The average molecular weight is 423 g/mol. The van der Waals surface area contributed by atoms with Gasteiger partial charge in [-0.15, -0.1) is 0 Å². The number of amides is 1. The lowest BCUT2D eigenvalue weighted by molar-refractivity contribution is 0.0954. The van der Waals surface area contributed by atoms with Crippen molar-refractivity contribution >= 4 is 5.91 Å². The minimum atomic E-state index is -0.0400. The van der Waals surface area contributed by atoms with Gasteiger partial charge >= 0.3 is 0 Å². The molecule has 1 unspecified atom stereocenters. The molecule has 1 saturated heterocycles. The molecule has 1 aliphatic rings. The van der Waals surface area contributed by atoms with E-state index in [1.165, 1.54) is 49.9 Å². The number of nitrogens with zero attached hydrogens (tertiary/aromatic N) is 1. The molecule has 4 heteroatoms. The van der Waals surface area contributed by atoms with E-state index < -0.39 is 0 Å². The highest BCUT2D eigenvalue weighted by atomic mass is 16.5. The van der Waals surface area contributed by atoms with Gasteiger partial charge in [0.15, 0.2) is 0 Å². The van der Waals surface area contributed by atoms with Crippen LogP contribution in [0.1, 0.15) is 74.0 Å². The van der Waals surface area contributed by atoms with Gasteiger partial charge in [0.25, 0.3) is 5.91 Å². The van der Waals surface area contributed by atoms with E-state index in [1.54, 1.807) is 0 Å². The molecular weight excluding hydrogens is 384 g/mol. The summed E-state index contributed by atoms with van der Waals surface area (Å²) in [5.41, 5.74) is 3.30. The fourth-order valence-electron chi connectivity index (χ4n) is 4.04. The van der Waals surface area contributed by atoms with Crippen LogP contribution in [-0.2, 0) is 6.42 Å². The quantitative estimate of drug-likeness (QED) is 0.569. The summed E-state index contributed by atoms with van der Waals surface area (Å²) >= 11 is 0. The molecule has 31 heavy (non-hydrogen) atoms. The zero-order valence-electron chi connectivity index (χ0n) is 19.4. The van der Waals surface area contributed by atoms with Crippen molar-refractivity contribution in [1.82, 2.24) is 10.2 Å². The number of nitrogens with one attached hydrogen (secondary N) is 1. The second-order valence-electron chi connectivity index (χ2n) is 9.10. The summed E-state index contributed by atoms with van der Waals surface area (Å²) in [6, 6.07) is 16.8. The minimum Gasteiger partial charge on any atom is -0.493 e. The van der Waals surface area contributed by atoms with Crippen LogP contribution >= 0.6 is 0 Å². The van der Waals surface area contributed by atoms with Gasteiger partial charge in [0.1, 0.15) is 5.75 Å². The average Bonchev–Trinajstić information content (AvgIpc) is 3.07. The van der Waals surface area contributed by atoms with Crippen molar-refractivity contribution in [3.05, 3.63) is 65.2 Å². The fraction of sp³-hybridized carbons (Fsp3) is 0.519. The van der Waals surface area contributed by atoms with E-state index in [-0.39, 0.29) is 5.91 Å². The zero-order valence-corrected chi connectivity index (χ0v) is 19.4. The van der Waals surface area contributed by atoms with E-state index in [9.17, 15) is 4.79 Å². The lowest BCUT2D eigenvalue weighted by Gasteiger charge is -2.28. The van der Waals surface area contributed by atoms with Crippen LogP contribution in [0.3, 0.4) is 0 Å². The van der Waals surface area contributed by atoms with Crippen molar-refractivity contribution in [3.8, 4) is 5.75 Å². The molecule has 0 saturated carbocycles. The van der Waals surface area contributed by atoms with Crippen LogP contribution in [-0.4, -0.2) is 37.0 Å². The summed E-state index contributed by atoms with van der Waals surface area (Å²) in [4.78, 5) is 15.0. The van der Waals surface area contributed by atoms with E-state index >= 15 is 0 Å². The molecule has 0 aromatic heterocycles. The Bertz CT molecular complexity index is 791. The second kappa shape index (κ2) is 11.9. The van der Waals surface area contributed by atoms with Gasteiger partial charge in [0.05, 0.1) is 6.61 Å². The van der Waals surface area contributed by atoms with Crippen molar-refractivity contribution in [2.24, 2.45) is 5.92 Å². The predicted octanol–water partition coefficient (Wildman–Crippen LogP) is 5.63. The fourth-order valence-corrected chi connectivity index (χ4v) is 4.04. The zero-order chi connectivity index (χ0) is 22.1. The van der Waals surface area contributed by atoms with Crippen molar-refractivity contribution < 1.29 is 9.53 Å². The standard InChI is InChI=1S/C27H38N2O2/c1-21(2)20-31-26-14-12-25(13-15-26)27(30)28-17-16-23-8-10-24(11-9-23)22(3)29-18-6-4-5-7-19-29/h8-15,21-22H,4-7,16-20H2,1-3H3,(H,28,30). The van der Waals surface area contributed by atoms with Gasteiger partial charge in [0, 0.05) is 18.2 Å². The van der Waals surface area contributed by atoms with Crippen molar-refractivity contribution in [2.45, 2.75) is 58.9 Å². The van der Waals surface area contributed by atoms with Crippen LogP contribution in [0.2, 0.25) is 0 Å². The van der Waals surface area contributed by atoms with Gasteiger partial charge in [-0.05, 0) is 80.6 Å². The van der Waals surface area contributed by atoms with Crippen molar-refractivity contribution in [2.75, 3.05) is 26.2 Å². The SMILES string of the molecule is CC(C)COc1ccc(C(=O)NCCc2ccc(C(C)N3CCCCCC3)cc2)cc1. The summed E-state index contributed by atoms with van der Waals surface area (Å²) in [7, 11) is 0. The Kier molecular flexibility index (Phi) is 8.96. The first-order chi connectivity index (χ1) is 15.0. The molecule has 1 N–H and O–H groups in total. The Morgan fingerprint density at radius 1 is 0.935 bits per heavy atom. The van der Waals surface area contributed by atoms with Gasteiger partial charge in [-0.3, -0.25) is 9.69 Å². The second-order valence-corrected chi connectivity index (χ2v) is 9.10. The smallest absolute Gasteiger partial charge is 0.251 e. The van der Waals surface area contributed by atoms with Gasteiger partial charge < -0.3 is 10.1 Å². The minimum absolute atomic E-state index is 0.0400. The van der Waals surface area contributed by atoms with Crippen LogP contribution in [0.4, 0.5) is 0 Å². The molecule has 3 rings (SSSR count). The molecule has 2 aromatic carbocycles. The maximum Gasteiger partial charge on any atom is 0.251 e. The van der Waals surface area contributed by atoms with E-state index in [4.69, 9.17) is 4.74 Å². The Morgan fingerprint density at radius 2 is 1.58 bits per heavy atom. The van der Waals surface area contributed by atoms with E-state index in [0.29, 0.717) is 30.7 Å². The van der Waals surface area contributed by atoms with E-state index in [0.717, 1.165) is 12.2 Å². The van der Waals surface area contributed by atoms with Crippen LogP contribution in [0.5, 0.6) is 5.75 Å². The number of rotatable bonds is 9. The van der Waals surface area contributed by atoms with Crippen LogP contribution in [0, 0.1) is 5.92 Å². The highest BCUT2D eigenvalue weighted by molar-refractivity contribution is 5.94. The third-order valence-electron chi connectivity index (χ3n) is 6.05. The maximum atomic E-state index is 12.4. The van der Waals surface area contributed by atoms with Crippen LogP contribution in [0.25, 0.3) is 0 Å². The first-order valence-corrected chi connectivity index (χ1v) is 11.9. The monoisotopic (exact) mass is 422 g/mol. The summed E-state index contributed by atoms with van der Waals surface area (Å²) in [5.74, 6) is 1.25. The van der Waals surface area contributed by atoms with Gasteiger partial charge in [-0.25, -0.2) is 0 Å². The Balaban J connectivity index is 1.44. The molecule has 1 fully saturated rings. The molecule has 1 atom stereocenters. The molecule has 0 aliphatic carbocycles. The summed E-state index contributed by atoms with van der Waals surface area (Å²) < 4.78 is 5.68. The molecule has 1 heterocycles. The highest BCUT2D eigenvalue weighted by Crippen LogP contribution is 2.24. The number of likely N-dealkylation sites (tertiary alicyclic amines) is 1. The van der Waals surface area contributed by atoms with E-state index in [1.807, 2.05) is 24.3 Å². The first-order valence-electron chi connectivity index (χ1n) is 11.9. The largest absolute Gasteiger partial charge is 0.493 e. The summed E-state index contributed by atoms with van der Waals surface area (Å²) in [6.45, 7) is 10.3. The van der Waals surface area contributed by atoms with E-state index in [2.05, 4.69) is 55.3 Å². The number of hydrogen-bond donors (Lipinski definition) is 1. The first kappa shape index (κ1) is 23.3. The van der Waals surface area contributed by atoms with Gasteiger partial charge in [-0.1, -0.05) is 51.0 Å².